The molecule has 0 aliphatic heterocycles. The SMILES string of the molecule is Cc1cc(C)c(NC(=O)Nc2ccco2)c(C)c1. The van der Waals surface area contributed by atoms with E-state index < -0.39 is 0 Å². The van der Waals surface area contributed by atoms with Gasteiger partial charge in [0, 0.05) is 11.8 Å². The first-order valence-electron chi connectivity index (χ1n) is 5.75. The zero-order chi connectivity index (χ0) is 13.1. The van der Waals surface area contributed by atoms with Crippen molar-refractivity contribution in [2.45, 2.75) is 20.8 Å². The molecule has 2 amide bonds. The van der Waals surface area contributed by atoms with Crippen LogP contribution in [0.5, 0.6) is 0 Å². The van der Waals surface area contributed by atoms with Gasteiger partial charge in [0.2, 0.25) is 5.88 Å². The van der Waals surface area contributed by atoms with Gasteiger partial charge in [-0.2, -0.15) is 0 Å². The van der Waals surface area contributed by atoms with Crippen LogP contribution in [0.1, 0.15) is 16.7 Å². The Bertz CT molecular complexity index is 536. The number of anilines is 2. The summed E-state index contributed by atoms with van der Waals surface area (Å²) in [5.74, 6) is 0.426. The predicted octanol–water partition coefficient (Wildman–Crippen LogP) is 3.85. The van der Waals surface area contributed by atoms with E-state index in [0.717, 1.165) is 16.8 Å². The molecule has 0 saturated carbocycles. The Hall–Kier alpha value is -2.23. The van der Waals surface area contributed by atoms with E-state index in [2.05, 4.69) is 10.6 Å². The molecule has 1 heterocycles. The van der Waals surface area contributed by atoms with Crippen LogP contribution >= 0.6 is 0 Å². The lowest BCUT2D eigenvalue weighted by molar-refractivity contribution is 0.261. The summed E-state index contributed by atoms with van der Waals surface area (Å²) in [5, 5.41) is 5.46. The number of furan rings is 1. The number of urea groups is 1. The summed E-state index contributed by atoms with van der Waals surface area (Å²) in [4.78, 5) is 11.8. The van der Waals surface area contributed by atoms with E-state index in [9.17, 15) is 4.79 Å². The van der Waals surface area contributed by atoms with Gasteiger partial charge in [0.05, 0.1) is 6.26 Å². The summed E-state index contributed by atoms with van der Waals surface area (Å²) >= 11 is 0. The van der Waals surface area contributed by atoms with E-state index in [1.165, 1.54) is 11.8 Å². The van der Waals surface area contributed by atoms with Crippen LogP contribution in [0.4, 0.5) is 16.4 Å². The number of benzene rings is 1. The van der Waals surface area contributed by atoms with Gasteiger partial charge in [0.25, 0.3) is 0 Å². The second-order valence-corrected chi connectivity index (χ2v) is 4.33. The van der Waals surface area contributed by atoms with Gasteiger partial charge in [-0.25, -0.2) is 4.79 Å². The standard InChI is InChI=1S/C14H16N2O2/c1-9-7-10(2)13(11(3)8-9)16-14(17)15-12-5-4-6-18-12/h4-8H,1-3H3,(H2,15,16,17). The summed E-state index contributed by atoms with van der Waals surface area (Å²) in [6.07, 6.45) is 1.51. The number of hydrogen-bond acceptors (Lipinski definition) is 2. The van der Waals surface area contributed by atoms with Crippen LogP contribution in [0, 0.1) is 20.8 Å². The highest BCUT2D eigenvalue weighted by molar-refractivity contribution is 5.99. The summed E-state index contributed by atoms with van der Waals surface area (Å²) in [5.41, 5.74) is 4.11. The zero-order valence-corrected chi connectivity index (χ0v) is 10.7. The first-order chi connectivity index (χ1) is 8.56. The van der Waals surface area contributed by atoms with Crippen molar-refractivity contribution in [3.05, 3.63) is 47.2 Å². The van der Waals surface area contributed by atoms with Gasteiger partial charge in [-0.05, 0) is 38.0 Å². The van der Waals surface area contributed by atoms with E-state index in [4.69, 9.17) is 4.42 Å². The molecule has 0 saturated heterocycles. The van der Waals surface area contributed by atoms with Gasteiger partial charge in [0.1, 0.15) is 0 Å². The molecule has 2 aromatic rings. The first-order valence-corrected chi connectivity index (χ1v) is 5.75. The van der Waals surface area contributed by atoms with Crippen LogP contribution in [-0.4, -0.2) is 6.03 Å². The summed E-state index contributed by atoms with van der Waals surface area (Å²) < 4.78 is 5.05. The van der Waals surface area contributed by atoms with Crippen LogP contribution in [0.15, 0.2) is 34.9 Å². The monoisotopic (exact) mass is 244 g/mol. The molecule has 0 fully saturated rings. The molecule has 0 radical (unpaired) electrons. The maximum Gasteiger partial charge on any atom is 0.326 e. The summed E-state index contributed by atoms with van der Waals surface area (Å²) in [6.45, 7) is 5.98. The Balaban J connectivity index is 2.12. The lowest BCUT2D eigenvalue weighted by Crippen LogP contribution is -2.20. The van der Waals surface area contributed by atoms with Crippen LogP contribution < -0.4 is 10.6 Å². The van der Waals surface area contributed by atoms with Gasteiger partial charge in [-0.1, -0.05) is 17.7 Å². The summed E-state index contributed by atoms with van der Waals surface area (Å²) in [6, 6.07) is 7.18. The molecule has 0 spiro atoms. The maximum atomic E-state index is 11.8. The van der Waals surface area contributed by atoms with Crippen molar-refractivity contribution in [2.75, 3.05) is 10.6 Å². The van der Waals surface area contributed by atoms with E-state index in [1.54, 1.807) is 12.1 Å². The highest BCUT2D eigenvalue weighted by Gasteiger charge is 2.09. The normalized spacial score (nSPS) is 10.2. The molecule has 2 rings (SSSR count). The number of amides is 2. The number of aryl methyl sites for hydroxylation is 3. The van der Waals surface area contributed by atoms with E-state index >= 15 is 0 Å². The molecule has 4 heteroatoms. The topological polar surface area (TPSA) is 54.3 Å². The average molecular weight is 244 g/mol. The van der Waals surface area contributed by atoms with Crippen molar-refractivity contribution < 1.29 is 9.21 Å². The predicted molar refractivity (Wildman–Crippen MR) is 72.0 cm³/mol. The number of hydrogen-bond donors (Lipinski definition) is 2. The Morgan fingerprint density at radius 3 is 2.33 bits per heavy atom. The zero-order valence-electron chi connectivity index (χ0n) is 10.7. The minimum absolute atomic E-state index is 0.306. The quantitative estimate of drug-likeness (QED) is 0.843. The van der Waals surface area contributed by atoms with Crippen molar-refractivity contribution >= 4 is 17.6 Å². The second kappa shape index (κ2) is 4.96. The van der Waals surface area contributed by atoms with Gasteiger partial charge in [-0.3, -0.25) is 5.32 Å². The molecule has 94 valence electrons. The lowest BCUT2D eigenvalue weighted by Gasteiger charge is -2.12. The van der Waals surface area contributed by atoms with Gasteiger partial charge < -0.3 is 9.73 Å². The van der Waals surface area contributed by atoms with Crippen LogP contribution in [0.2, 0.25) is 0 Å². The molecule has 4 nitrogen and oxygen atoms in total. The van der Waals surface area contributed by atoms with Gasteiger partial charge in [0.15, 0.2) is 0 Å². The largest absolute Gasteiger partial charge is 0.449 e. The van der Waals surface area contributed by atoms with Crippen molar-refractivity contribution in [3.63, 3.8) is 0 Å². The van der Waals surface area contributed by atoms with E-state index in [1.807, 2.05) is 32.9 Å². The van der Waals surface area contributed by atoms with Crippen LogP contribution in [0.3, 0.4) is 0 Å². The molecule has 1 aromatic heterocycles. The van der Waals surface area contributed by atoms with Gasteiger partial charge in [-0.15, -0.1) is 0 Å². The third kappa shape index (κ3) is 2.71. The molecular formula is C14H16N2O2. The Kier molecular flexibility index (Phi) is 3.37. The average Bonchev–Trinajstić information content (AvgIpc) is 2.76. The molecule has 0 aliphatic rings. The highest BCUT2D eigenvalue weighted by Crippen LogP contribution is 2.22. The molecule has 2 N–H and O–H groups in total. The minimum Gasteiger partial charge on any atom is -0.449 e. The smallest absolute Gasteiger partial charge is 0.326 e. The Labute approximate surface area is 106 Å². The van der Waals surface area contributed by atoms with Crippen molar-refractivity contribution in [2.24, 2.45) is 0 Å². The second-order valence-electron chi connectivity index (χ2n) is 4.33. The van der Waals surface area contributed by atoms with Gasteiger partial charge >= 0.3 is 6.03 Å². The molecule has 0 atom stereocenters. The van der Waals surface area contributed by atoms with E-state index in [0.29, 0.717) is 5.88 Å². The highest BCUT2D eigenvalue weighted by atomic mass is 16.3. The molecular weight excluding hydrogens is 228 g/mol. The third-order valence-electron chi connectivity index (χ3n) is 2.67. The van der Waals surface area contributed by atoms with Crippen molar-refractivity contribution in [1.82, 2.24) is 0 Å². The lowest BCUT2D eigenvalue weighted by atomic mass is 10.1. The molecule has 0 aliphatic carbocycles. The molecule has 0 bridgehead atoms. The van der Waals surface area contributed by atoms with E-state index in [-0.39, 0.29) is 6.03 Å². The number of nitrogens with one attached hydrogen (secondary N) is 2. The fourth-order valence-corrected chi connectivity index (χ4v) is 1.98. The molecule has 0 unspecified atom stereocenters. The summed E-state index contributed by atoms with van der Waals surface area (Å²) in [7, 11) is 0. The van der Waals surface area contributed by atoms with Crippen LogP contribution in [-0.2, 0) is 0 Å². The first kappa shape index (κ1) is 12.2. The fraction of sp³-hybridized carbons (Fsp3) is 0.214. The van der Waals surface area contributed by atoms with Crippen molar-refractivity contribution in [1.29, 1.82) is 0 Å². The number of carbonyl (C=O) groups is 1. The van der Waals surface area contributed by atoms with Crippen molar-refractivity contribution in [3.8, 4) is 0 Å². The third-order valence-corrected chi connectivity index (χ3v) is 2.67. The molecule has 1 aromatic carbocycles. The minimum atomic E-state index is -0.306. The Morgan fingerprint density at radius 1 is 1.11 bits per heavy atom. The molecule has 18 heavy (non-hydrogen) atoms. The Morgan fingerprint density at radius 2 is 1.78 bits per heavy atom. The maximum absolute atomic E-state index is 11.8. The van der Waals surface area contributed by atoms with Crippen LogP contribution in [0.25, 0.3) is 0 Å². The number of carbonyl (C=O) groups excluding carboxylic acids is 1. The fourth-order valence-electron chi connectivity index (χ4n) is 1.98. The number of rotatable bonds is 2.